The van der Waals surface area contributed by atoms with Crippen LogP contribution >= 0.6 is 12.2 Å². The predicted octanol–water partition coefficient (Wildman–Crippen LogP) is 2.86. The van der Waals surface area contributed by atoms with Gasteiger partial charge in [0.25, 0.3) is 0 Å². The van der Waals surface area contributed by atoms with E-state index in [0.29, 0.717) is 11.6 Å². The van der Waals surface area contributed by atoms with E-state index in [-0.39, 0.29) is 0 Å². The number of aryl methyl sites for hydroxylation is 1. The molecule has 18 heavy (non-hydrogen) atoms. The Bertz CT molecular complexity index is 393. The molecule has 0 bridgehead atoms. The minimum atomic E-state index is 0.424. The quantitative estimate of drug-likeness (QED) is 0.561. The van der Waals surface area contributed by atoms with Crippen molar-refractivity contribution in [1.82, 2.24) is 0 Å². The standard InChI is InChI=1S/C14H22N2OS/c1-3-4-9-17-10-8-16-13-11(2)6-5-7-12(13)14(15)18/h5-7,16H,3-4,8-10H2,1-2H3,(H2,15,18). The average molecular weight is 266 g/mol. The molecule has 0 fully saturated rings. The van der Waals surface area contributed by atoms with Crippen LogP contribution in [0.1, 0.15) is 30.9 Å². The van der Waals surface area contributed by atoms with Crippen molar-refractivity contribution in [2.75, 3.05) is 25.1 Å². The van der Waals surface area contributed by atoms with Crippen LogP contribution in [0, 0.1) is 6.92 Å². The van der Waals surface area contributed by atoms with E-state index < -0.39 is 0 Å². The van der Waals surface area contributed by atoms with Crippen molar-refractivity contribution in [2.24, 2.45) is 5.73 Å². The van der Waals surface area contributed by atoms with Gasteiger partial charge in [0, 0.05) is 24.4 Å². The van der Waals surface area contributed by atoms with Gasteiger partial charge in [-0.05, 0) is 25.0 Å². The van der Waals surface area contributed by atoms with E-state index in [1.54, 1.807) is 0 Å². The molecule has 0 heterocycles. The van der Waals surface area contributed by atoms with Gasteiger partial charge in [0.15, 0.2) is 0 Å². The molecule has 0 aliphatic heterocycles. The fraction of sp³-hybridized carbons (Fsp3) is 0.500. The number of thiocarbonyl (C=S) groups is 1. The smallest absolute Gasteiger partial charge is 0.106 e. The summed E-state index contributed by atoms with van der Waals surface area (Å²) in [6, 6.07) is 5.95. The zero-order valence-corrected chi connectivity index (χ0v) is 12.0. The summed E-state index contributed by atoms with van der Waals surface area (Å²) in [4.78, 5) is 0.424. The van der Waals surface area contributed by atoms with Gasteiger partial charge in [-0.2, -0.15) is 0 Å². The molecule has 0 aliphatic rings. The summed E-state index contributed by atoms with van der Waals surface area (Å²) >= 11 is 5.05. The molecule has 0 aromatic heterocycles. The van der Waals surface area contributed by atoms with Crippen LogP contribution < -0.4 is 11.1 Å². The van der Waals surface area contributed by atoms with Crippen molar-refractivity contribution in [3.8, 4) is 0 Å². The molecule has 3 nitrogen and oxygen atoms in total. The minimum absolute atomic E-state index is 0.424. The van der Waals surface area contributed by atoms with E-state index >= 15 is 0 Å². The van der Waals surface area contributed by atoms with E-state index in [1.165, 1.54) is 0 Å². The number of benzene rings is 1. The number of nitrogens with two attached hydrogens (primary N) is 1. The Hall–Kier alpha value is -1.13. The summed E-state index contributed by atoms with van der Waals surface area (Å²) in [5.74, 6) is 0. The third-order valence-corrected chi connectivity index (χ3v) is 2.95. The highest BCUT2D eigenvalue weighted by Crippen LogP contribution is 2.20. The molecule has 0 saturated carbocycles. The second-order valence-corrected chi connectivity index (χ2v) is 4.69. The van der Waals surface area contributed by atoms with E-state index in [1.807, 2.05) is 25.1 Å². The molecule has 0 aliphatic carbocycles. The van der Waals surface area contributed by atoms with Gasteiger partial charge in [-0.3, -0.25) is 0 Å². The molecule has 3 N–H and O–H groups in total. The maximum atomic E-state index is 5.71. The molecule has 0 spiro atoms. The second kappa shape index (κ2) is 8.06. The van der Waals surface area contributed by atoms with Crippen molar-refractivity contribution in [3.05, 3.63) is 29.3 Å². The molecule has 0 saturated heterocycles. The zero-order valence-electron chi connectivity index (χ0n) is 11.2. The number of unbranched alkanes of at least 4 members (excludes halogenated alkanes) is 1. The largest absolute Gasteiger partial charge is 0.389 e. The number of hydrogen-bond donors (Lipinski definition) is 2. The number of para-hydroxylation sites is 1. The number of rotatable bonds is 8. The van der Waals surface area contributed by atoms with Gasteiger partial charge in [0.05, 0.1) is 6.61 Å². The first kappa shape index (κ1) is 14.9. The van der Waals surface area contributed by atoms with Crippen LogP contribution in [0.3, 0.4) is 0 Å². The first-order valence-electron chi connectivity index (χ1n) is 6.37. The Morgan fingerprint density at radius 2 is 2.17 bits per heavy atom. The van der Waals surface area contributed by atoms with Gasteiger partial charge in [-0.15, -0.1) is 0 Å². The maximum Gasteiger partial charge on any atom is 0.106 e. The number of nitrogens with one attached hydrogen (secondary N) is 1. The summed E-state index contributed by atoms with van der Waals surface area (Å²) in [7, 11) is 0. The summed E-state index contributed by atoms with van der Waals surface area (Å²) in [5.41, 5.74) is 8.78. The lowest BCUT2D eigenvalue weighted by molar-refractivity contribution is 0.141. The Morgan fingerprint density at radius 1 is 1.39 bits per heavy atom. The predicted molar refractivity (Wildman–Crippen MR) is 81.3 cm³/mol. The van der Waals surface area contributed by atoms with Crippen molar-refractivity contribution in [1.29, 1.82) is 0 Å². The van der Waals surface area contributed by atoms with Crippen LogP contribution in [0.2, 0.25) is 0 Å². The highest BCUT2D eigenvalue weighted by Gasteiger charge is 2.06. The van der Waals surface area contributed by atoms with Crippen molar-refractivity contribution in [3.63, 3.8) is 0 Å². The maximum absolute atomic E-state index is 5.71. The minimum Gasteiger partial charge on any atom is -0.389 e. The summed E-state index contributed by atoms with van der Waals surface area (Å²) in [6.07, 6.45) is 2.28. The first-order chi connectivity index (χ1) is 8.66. The van der Waals surface area contributed by atoms with E-state index in [4.69, 9.17) is 22.7 Å². The fourth-order valence-electron chi connectivity index (χ4n) is 1.70. The lowest BCUT2D eigenvalue weighted by Crippen LogP contribution is -2.17. The summed E-state index contributed by atoms with van der Waals surface area (Å²) in [5, 5.41) is 3.35. The molecule has 0 unspecified atom stereocenters. The topological polar surface area (TPSA) is 47.3 Å². The summed E-state index contributed by atoms with van der Waals surface area (Å²) in [6.45, 7) is 6.49. The summed E-state index contributed by atoms with van der Waals surface area (Å²) < 4.78 is 5.51. The van der Waals surface area contributed by atoms with Gasteiger partial charge >= 0.3 is 0 Å². The van der Waals surface area contributed by atoms with Crippen LogP contribution in [-0.4, -0.2) is 24.7 Å². The molecule has 0 amide bonds. The van der Waals surface area contributed by atoms with Crippen LogP contribution in [0.25, 0.3) is 0 Å². The Balaban J connectivity index is 2.48. The highest BCUT2D eigenvalue weighted by molar-refractivity contribution is 7.80. The van der Waals surface area contributed by atoms with Crippen LogP contribution in [0.15, 0.2) is 18.2 Å². The lowest BCUT2D eigenvalue weighted by atomic mass is 10.1. The monoisotopic (exact) mass is 266 g/mol. The Kier molecular flexibility index (Phi) is 6.68. The number of ether oxygens (including phenoxy) is 1. The van der Waals surface area contributed by atoms with E-state index in [2.05, 4.69) is 12.2 Å². The van der Waals surface area contributed by atoms with Gasteiger partial charge in [0.2, 0.25) is 0 Å². The van der Waals surface area contributed by atoms with E-state index in [0.717, 1.165) is 42.8 Å². The lowest BCUT2D eigenvalue weighted by Gasteiger charge is -2.14. The normalized spacial score (nSPS) is 10.3. The van der Waals surface area contributed by atoms with Gasteiger partial charge in [-0.25, -0.2) is 0 Å². The molecule has 1 rings (SSSR count). The van der Waals surface area contributed by atoms with Gasteiger partial charge in [-0.1, -0.05) is 37.7 Å². The van der Waals surface area contributed by atoms with Crippen molar-refractivity contribution in [2.45, 2.75) is 26.7 Å². The van der Waals surface area contributed by atoms with Crippen molar-refractivity contribution < 1.29 is 4.74 Å². The first-order valence-corrected chi connectivity index (χ1v) is 6.78. The SMILES string of the molecule is CCCCOCCNc1c(C)cccc1C(N)=S. The molecule has 0 atom stereocenters. The van der Waals surface area contributed by atoms with Crippen LogP contribution in [0.5, 0.6) is 0 Å². The van der Waals surface area contributed by atoms with Crippen LogP contribution in [-0.2, 0) is 4.74 Å². The molecule has 1 aromatic carbocycles. The molecule has 100 valence electrons. The van der Waals surface area contributed by atoms with Gasteiger partial charge in [0.1, 0.15) is 4.99 Å². The molecular weight excluding hydrogens is 244 g/mol. The number of anilines is 1. The average Bonchev–Trinajstić information content (AvgIpc) is 2.34. The fourth-order valence-corrected chi connectivity index (χ4v) is 1.87. The number of hydrogen-bond acceptors (Lipinski definition) is 3. The Morgan fingerprint density at radius 3 is 2.83 bits per heavy atom. The van der Waals surface area contributed by atoms with E-state index in [9.17, 15) is 0 Å². The third kappa shape index (κ3) is 4.63. The molecular formula is C14H22N2OS. The Labute approximate surface area is 115 Å². The highest BCUT2D eigenvalue weighted by atomic mass is 32.1. The van der Waals surface area contributed by atoms with Crippen LogP contribution in [0.4, 0.5) is 5.69 Å². The zero-order chi connectivity index (χ0) is 13.4. The molecule has 1 aromatic rings. The third-order valence-electron chi connectivity index (χ3n) is 2.73. The second-order valence-electron chi connectivity index (χ2n) is 4.25. The van der Waals surface area contributed by atoms with Crippen molar-refractivity contribution >= 4 is 22.9 Å². The van der Waals surface area contributed by atoms with Gasteiger partial charge < -0.3 is 15.8 Å². The molecule has 0 radical (unpaired) electrons. The molecule has 4 heteroatoms.